The van der Waals surface area contributed by atoms with Gasteiger partial charge in [0.1, 0.15) is 5.84 Å². The molecule has 1 fully saturated rings. The summed E-state index contributed by atoms with van der Waals surface area (Å²) in [6.07, 6.45) is 2.15. The van der Waals surface area contributed by atoms with Crippen LogP contribution in [0.1, 0.15) is 25.3 Å². The molecule has 2 heterocycles. The van der Waals surface area contributed by atoms with Gasteiger partial charge in [-0.05, 0) is 38.0 Å². The van der Waals surface area contributed by atoms with E-state index in [2.05, 4.69) is 10.4 Å². The lowest BCUT2D eigenvalue weighted by molar-refractivity contribution is -0.113. The number of hydrazone groups is 1. The number of likely N-dealkylation sites (tertiary alicyclic amines) is 1. The molecule has 0 bridgehead atoms. The summed E-state index contributed by atoms with van der Waals surface area (Å²) >= 11 is 0. The van der Waals surface area contributed by atoms with Crippen LogP contribution in [0.15, 0.2) is 34.6 Å². The number of anilines is 2. The van der Waals surface area contributed by atoms with Gasteiger partial charge in [-0.2, -0.15) is 0 Å². The fraction of sp³-hybridized carbons (Fsp3) is 0.389. The molecule has 1 aromatic rings. The molecule has 150 valence electrons. The molecule has 1 amide bonds. The predicted molar refractivity (Wildman–Crippen MR) is 110 cm³/mol. The molecule has 3 rings (SSSR count). The summed E-state index contributed by atoms with van der Waals surface area (Å²) in [7, 11) is 1.74. The molecule has 10 nitrogen and oxygen atoms in total. The fourth-order valence-corrected chi connectivity index (χ4v) is 3.45. The number of carbonyl (C=O) groups excluding carboxylic acids is 1. The van der Waals surface area contributed by atoms with Gasteiger partial charge < -0.3 is 26.7 Å². The Kier molecular flexibility index (Phi) is 5.41. The second kappa shape index (κ2) is 7.77. The third-order valence-electron chi connectivity index (χ3n) is 5.20. The molecule has 8 N–H and O–H groups in total. The SMILES string of the molecule is CC1=C(C(=O)Nc2ccc(N)c(C(=N)N3CCCC3)c2)CN(N)/C(=N\N)N1C. The zero-order valence-corrected chi connectivity index (χ0v) is 16.2. The first-order valence-corrected chi connectivity index (χ1v) is 9.11. The lowest BCUT2D eigenvalue weighted by Gasteiger charge is -2.35. The van der Waals surface area contributed by atoms with Gasteiger partial charge in [-0.1, -0.05) is 0 Å². The largest absolute Gasteiger partial charge is 0.398 e. The first kappa shape index (κ1) is 19.5. The maximum absolute atomic E-state index is 12.8. The molecule has 1 aromatic carbocycles. The fourth-order valence-electron chi connectivity index (χ4n) is 3.45. The van der Waals surface area contributed by atoms with Gasteiger partial charge in [0.05, 0.1) is 12.1 Å². The van der Waals surface area contributed by atoms with Crippen molar-refractivity contribution in [1.82, 2.24) is 14.8 Å². The number of carbonyl (C=O) groups is 1. The van der Waals surface area contributed by atoms with Crippen molar-refractivity contribution in [2.45, 2.75) is 19.8 Å². The van der Waals surface area contributed by atoms with Crippen molar-refractivity contribution >= 4 is 29.1 Å². The average molecular weight is 385 g/mol. The Morgan fingerprint density at radius 3 is 2.61 bits per heavy atom. The van der Waals surface area contributed by atoms with Gasteiger partial charge >= 0.3 is 0 Å². The van der Waals surface area contributed by atoms with Gasteiger partial charge in [0, 0.05) is 42.8 Å². The molecule has 0 aromatic heterocycles. The number of guanidine groups is 1. The van der Waals surface area contributed by atoms with E-state index in [9.17, 15) is 4.79 Å². The molecule has 0 saturated carbocycles. The van der Waals surface area contributed by atoms with E-state index >= 15 is 0 Å². The van der Waals surface area contributed by atoms with Crippen LogP contribution in [0.5, 0.6) is 0 Å². The topological polar surface area (TPSA) is 153 Å². The molecule has 0 radical (unpaired) electrons. The number of hydrogen-bond acceptors (Lipinski definition) is 6. The highest BCUT2D eigenvalue weighted by molar-refractivity contribution is 6.07. The molecule has 1 saturated heterocycles. The van der Waals surface area contributed by atoms with Gasteiger partial charge in [-0.25, -0.2) is 5.84 Å². The number of amidine groups is 1. The van der Waals surface area contributed by atoms with Crippen molar-refractivity contribution < 1.29 is 4.79 Å². The lowest BCUT2D eigenvalue weighted by atomic mass is 10.1. The highest BCUT2D eigenvalue weighted by Gasteiger charge is 2.28. The summed E-state index contributed by atoms with van der Waals surface area (Å²) in [4.78, 5) is 16.5. The predicted octanol–water partition coefficient (Wildman–Crippen LogP) is 0.253. The number of amides is 1. The number of rotatable bonds is 3. The Labute approximate surface area is 164 Å². The van der Waals surface area contributed by atoms with Crippen LogP contribution in [-0.2, 0) is 4.79 Å². The number of nitrogens with two attached hydrogens (primary N) is 3. The van der Waals surface area contributed by atoms with E-state index in [-0.39, 0.29) is 12.5 Å². The summed E-state index contributed by atoms with van der Waals surface area (Å²) in [5.74, 6) is 11.8. The monoisotopic (exact) mass is 385 g/mol. The lowest BCUT2D eigenvalue weighted by Crippen LogP contribution is -2.52. The van der Waals surface area contributed by atoms with Crippen LogP contribution in [0, 0.1) is 5.41 Å². The molecule has 0 aliphatic carbocycles. The van der Waals surface area contributed by atoms with Gasteiger partial charge in [0.15, 0.2) is 0 Å². The number of hydrogen-bond donors (Lipinski definition) is 5. The highest BCUT2D eigenvalue weighted by Crippen LogP contribution is 2.23. The highest BCUT2D eigenvalue weighted by atomic mass is 16.1. The van der Waals surface area contributed by atoms with Crippen molar-refractivity contribution in [2.24, 2.45) is 16.8 Å². The Balaban J connectivity index is 1.82. The van der Waals surface area contributed by atoms with Gasteiger partial charge in [0.25, 0.3) is 5.91 Å². The zero-order chi connectivity index (χ0) is 20.4. The van der Waals surface area contributed by atoms with Gasteiger partial charge in [-0.3, -0.25) is 15.2 Å². The Bertz CT molecular complexity index is 855. The van der Waals surface area contributed by atoms with Crippen molar-refractivity contribution in [1.29, 1.82) is 5.41 Å². The molecule has 2 aliphatic heterocycles. The average Bonchev–Trinajstić information content (AvgIpc) is 3.20. The van der Waals surface area contributed by atoms with Crippen LogP contribution in [0.3, 0.4) is 0 Å². The van der Waals surface area contributed by atoms with Crippen LogP contribution >= 0.6 is 0 Å². The molecule has 0 unspecified atom stereocenters. The normalized spacial score (nSPS) is 18.8. The minimum atomic E-state index is -0.278. The molecule has 0 atom stereocenters. The zero-order valence-electron chi connectivity index (χ0n) is 16.2. The van der Waals surface area contributed by atoms with Crippen molar-refractivity contribution in [3.63, 3.8) is 0 Å². The van der Waals surface area contributed by atoms with E-state index in [0.29, 0.717) is 40.0 Å². The second-order valence-electron chi connectivity index (χ2n) is 6.98. The standard InChI is InChI=1S/C18H27N9O/c1-11-14(10-27(22)18(24-21)25(11)2)17(28)23-12-5-6-15(19)13(9-12)16(20)26-7-3-4-8-26/h5-6,9,20H,3-4,7-8,10,19,21-22H2,1-2H3,(H,23,28)/b20-16?,24-18-. The smallest absolute Gasteiger partial charge is 0.255 e. The van der Waals surface area contributed by atoms with E-state index in [0.717, 1.165) is 25.9 Å². The van der Waals surface area contributed by atoms with Gasteiger partial charge in [0.2, 0.25) is 5.96 Å². The summed E-state index contributed by atoms with van der Waals surface area (Å²) < 4.78 is 0. The van der Waals surface area contributed by atoms with Crippen LogP contribution < -0.4 is 22.7 Å². The maximum Gasteiger partial charge on any atom is 0.255 e. The quantitative estimate of drug-likeness (QED) is 0.164. The third kappa shape index (κ3) is 3.58. The second-order valence-corrected chi connectivity index (χ2v) is 6.98. The summed E-state index contributed by atoms with van der Waals surface area (Å²) in [6, 6.07) is 5.17. The van der Waals surface area contributed by atoms with Crippen molar-refractivity contribution in [3.05, 3.63) is 35.0 Å². The molecule has 10 heteroatoms. The molecule has 28 heavy (non-hydrogen) atoms. The number of nitrogens with zero attached hydrogens (tertiary/aromatic N) is 4. The molecular formula is C18H27N9O. The van der Waals surface area contributed by atoms with Crippen LogP contribution in [-0.4, -0.2) is 59.2 Å². The summed E-state index contributed by atoms with van der Waals surface area (Å²) in [5, 5.41) is 16.3. The number of hydrazine groups is 1. The third-order valence-corrected chi connectivity index (χ3v) is 5.20. The van der Waals surface area contributed by atoms with E-state index < -0.39 is 0 Å². The van der Waals surface area contributed by atoms with E-state index in [4.69, 9.17) is 22.8 Å². The van der Waals surface area contributed by atoms with E-state index in [1.807, 2.05) is 11.8 Å². The minimum absolute atomic E-state index is 0.184. The first-order valence-electron chi connectivity index (χ1n) is 9.11. The number of benzene rings is 1. The maximum atomic E-state index is 12.8. The van der Waals surface area contributed by atoms with Crippen LogP contribution in [0.25, 0.3) is 0 Å². The number of nitrogen functional groups attached to an aromatic ring is 1. The Morgan fingerprint density at radius 2 is 1.96 bits per heavy atom. The Morgan fingerprint density at radius 1 is 1.29 bits per heavy atom. The van der Waals surface area contributed by atoms with Gasteiger partial charge in [-0.15, -0.1) is 5.10 Å². The molecular weight excluding hydrogens is 358 g/mol. The summed E-state index contributed by atoms with van der Waals surface area (Å²) in [5.41, 5.74) is 8.99. The van der Waals surface area contributed by atoms with E-state index in [1.165, 1.54) is 5.01 Å². The first-order chi connectivity index (χ1) is 13.3. The molecule has 2 aliphatic rings. The Hall–Kier alpha value is -3.27. The number of nitrogens with one attached hydrogen (secondary N) is 2. The van der Waals surface area contributed by atoms with Crippen molar-refractivity contribution in [2.75, 3.05) is 37.7 Å². The molecule has 0 spiro atoms. The van der Waals surface area contributed by atoms with Crippen molar-refractivity contribution in [3.8, 4) is 0 Å². The van der Waals surface area contributed by atoms with Crippen LogP contribution in [0.4, 0.5) is 11.4 Å². The van der Waals surface area contributed by atoms with Crippen LogP contribution in [0.2, 0.25) is 0 Å². The number of allylic oxidation sites excluding steroid dienone is 1. The summed E-state index contributed by atoms with van der Waals surface area (Å²) in [6.45, 7) is 3.70. The van der Waals surface area contributed by atoms with E-state index in [1.54, 1.807) is 30.1 Å². The minimum Gasteiger partial charge on any atom is -0.398 e.